The van der Waals surface area contributed by atoms with E-state index in [0.29, 0.717) is 33.7 Å². The molecule has 0 amide bonds. The average molecular weight is 474 g/mol. The number of rotatable bonds is 6. The molecule has 4 rings (SSSR count). The number of benzene rings is 2. The quantitative estimate of drug-likeness (QED) is 0.357. The van der Waals surface area contributed by atoms with Gasteiger partial charge in [-0.2, -0.15) is 5.26 Å². The standard InChI is InChI=1S/C25H20ClN5O3/c1-13-10-16(14(2)28-17-8-9-21(26)30-24(17)25(32)33)23-18(11-13)29-19(12-27)22(31-23)15-6-4-5-7-20(15)34-3/h4-11,14,28H,1-3H3,(H,32,33)/t14-/m1/s1. The SMILES string of the molecule is COc1ccccc1-c1nc2c([C@@H](C)Nc3ccc(Cl)nc3C(=O)O)cc(C)cc2nc1C#N. The number of carbonyl (C=O) groups is 1. The van der Waals surface area contributed by atoms with E-state index in [-0.39, 0.29) is 22.6 Å². The Kier molecular flexibility index (Phi) is 6.30. The van der Waals surface area contributed by atoms with Gasteiger partial charge in [-0.05, 0) is 49.7 Å². The molecule has 0 bridgehead atoms. The van der Waals surface area contributed by atoms with Crippen molar-refractivity contribution in [3.05, 3.63) is 76.2 Å². The Bertz CT molecular complexity index is 1470. The summed E-state index contributed by atoms with van der Waals surface area (Å²) >= 11 is 5.89. The van der Waals surface area contributed by atoms with E-state index in [4.69, 9.17) is 21.3 Å². The Morgan fingerprint density at radius 2 is 1.94 bits per heavy atom. The van der Waals surface area contributed by atoms with Gasteiger partial charge in [-0.3, -0.25) is 0 Å². The van der Waals surface area contributed by atoms with Gasteiger partial charge in [0.2, 0.25) is 0 Å². The van der Waals surface area contributed by atoms with Gasteiger partial charge in [-0.1, -0.05) is 29.8 Å². The van der Waals surface area contributed by atoms with Crippen molar-refractivity contribution < 1.29 is 14.6 Å². The number of hydrogen-bond acceptors (Lipinski definition) is 7. The van der Waals surface area contributed by atoms with Crippen LogP contribution in [0.5, 0.6) is 5.75 Å². The third-order valence-corrected chi connectivity index (χ3v) is 5.52. The summed E-state index contributed by atoms with van der Waals surface area (Å²) in [5.74, 6) is -0.617. The normalized spacial score (nSPS) is 11.6. The number of carboxylic acids is 1. The van der Waals surface area contributed by atoms with E-state index in [1.165, 1.54) is 6.07 Å². The molecule has 1 atom stereocenters. The van der Waals surface area contributed by atoms with Crippen LogP contribution in [0, 0.1) is 18.3 Å². The zero-order valence-electron chi connectivity index (χ0n) is 18.6. The number of pyridine rings is 1. The second kappa shape index (κ2) is 9.33. The van der Waals surface area contributed by atoms with Crippen LogP contribution in [0.2, 0.25) is 5.15 Å². The highest BCUT2D eigenvalue weighted by Gasteiger charge is 2.21. The number of carboxylic acid groups (broad SMARTS) is 1. The molecular weight excluding hydrogens is 454 g/mol. The minimum Gasteiger partial charge on any atom is -0.496 e. The van der Waals surface area contributed by atoms with Crippen LogP contribution < -0.4 is 10.1 Å². The Balaban J connectivity index is 1.88. The molecule has 2 aromatic heterocycles. The fourth-order valence-electron chi connectivity index (χ4n) is 3.79. The number of aromatic carboxylic acids is 1. The molecule has 170 valence electrons. The van der Waals surface area contributed by atoms with Crippen molar-refractivity contribution in [2.45, 2.75) is 19.9 Å². The zero-order valence-corrected chi connectivity index (χ0v) is 19.4. The Morgan fingerprint density at radius 3 is 2.65 bits per heavy atom. The summed E-state index contributed by atoms with van der Waals surface area (Å²) < 4.78 is 5.47. The first kappa shape index (κ1) is 23.0. The number of methoxy groups -OCH3 is 1. The molecule has 0 fully saturated rings. The van der Waals surface area contributed by atoms with Crippen molar-refractivity contribution in [3.63, 3.8) is 0 Å². The summed E-state index contributed by atoms with van der Waals surface area (Å²) in [7, 11) is 1.56. The van der Waals surface area contributed by atoms with E-state index in [1.54, 1.807) is 19.2 Å². The highest BCUT2D eigenvalue weighted by Crippen LogP contribution is 2.34. The number of aryl methyl sites for hydroxylation is 1. The van der Waals surface area contributed by atoms with Gasteiger partial charge < -0.3 is 15.2 Å². The number of nitrogens with one attached hydrogen (secondary N) is 1. The second-order valence-corrected chi connectivity index (χ2v) is 8.04. The lowest BCUT2D eigenvalue weighted by Crippen LogP contribution is -2.13. The van der Waals surface area contributed by atoms with E-state index in [0.717, 1.165) is 11.1 Å². The molecular formula is C25H20ClN5O3. The maximum Gasteiger partial charge on any atom is 0.356 e. The van der Waals surface area contributed by atoms with Gasteiger partial charge in [0.1, 0.15) is 22.7 Å². The van der Waals surface area contributed by atoms with Gasteiger partial charge in [0.15, 0.2) is 11.4 Å². The maximum absolute atomic E-state index is 11.7. The smallest absolute Gasteiger partial charge is 0.356 e. The molecule has 0 spiro atoms. The van der Waals surface area contributed by atoms with Gasteiger partial charge in [0.05, 0.1) is 29.9 Å². The highest BCUT2D eigenvalue weighted by atomic mass is 35.5. The second-order valence-electron chi connectivity index (χ2n) is 7.66. The molecule has 0 radical (unpaired) electrons. The minimum atomic E-state index is -1.19. The molecule has 4 aromatic rings. The molecule has 0 saturated heterocycles. The van der Waals surface area contributed by atoms with Crippen LogP contribution in [0.25, 0.3) is 22.3 Å². The molecule has 2 N–H and O–H groups in total. The van der Waals surface area contributed by atoms with Crippen LogP contribution in [0.1, 0.15) is 40.3 Å². The Hall–Kier alpha value is -4.22. The fourth-order valence-corrected chi connectivity index (χ4v) is 3.94. The number of anilines is 1. The largest absolute Gasteiger partial charge is 0.496 e. The van der Waals surface area contributed by atoms with E-state index in [2.05, 4.69) is 21.4 Å². The lowest BCUT2D eigenvalue weighted by molar-refractivity contribution is 0.0691. The number of para-hydroxylation sites is 1. The van der Waals surface area contributed by atoms with Crippen molar-refractivity contribution in [2.24, 2.45) is 0 Å². The van der Waals surface area contributed by atoms with Crippen LogP contribution in [-0.4, -0.2) is 33.1 Å². The number of fused-ring (bicyclic) bond motifs is 1. The van der Waals surface area contributed by atoms with Crippen LogP contribution in [0.15, 0.2) is 48.5 Å². The van der Waals surface area contributed by atoms with E-state index < -0.39 is 5.97 Å². The lowest BCUT2D eigenvalue weighted by atomic mass is 10.0. The summed E-state index contributed by atoms with van der Waals surface area (Å²) in [6.07, 6.45) is 0. The molecule has 9 heteroatoms. The van der Waals surface area contributed by atoms with Gasteiger partial charge >= 0.3 is 5.97 Å². The van der Waals surface area contributed by atoms with Crippen molar-refractivity contribution in [1.82, 2.24) is 15.0 Å². The molecule has 34 heavy (non-hydrogen) atoms. The summed E-state index contributed by atoms with van der Waals surface area (Å²) in [4.78, 5) is 25.0. The van der Waals surface area contributed by atoms with Crippen LogP contribution in [0.3, 0.4) is 0 Å². The van der Waals surface area contributed by atoms with Gasteiger partial charge in [0, 0.05) is 11.1 Å². The minimum absolute atomic E-state index is 0.0907. The van der Waals surface area contributed by atoms with Gasteiger partial charge in [-0.15, -0.1) is 0 Å². The number of nitrogens with zero attached hydrogens (tertiary/aromatic N) is 4. The number of halogens is 1. The van der Waals surface area contributed by atoms with E-state index in [1.807, 2.05) is 44.2 Å². The predicted octanol–water partition coefficient (Wildman–Crippen LogP) is 5.41. The molecule has 2 aromatic carbocycles. The fraction of sp³-hybridized carbons (Fsp3) is 0.160. The maximum atomic E-state index is 11.7. The van der Waals surface area contributed by atoms with Crippen LogP contribution >= 0.6 is 11.6 Å². The molecule has 0 aliphatic rings. The van der Waals surface area contributed by atoms with E-state index in [9.17, 15) is 15.2 Å². The van der Waals surface area contributed by atoms with Crippen molar-refractivity contribution in [1.29, 1.82) is 5.26 Å². The summed E-state index contributed by atoms with van der Waals surface area (Å²) in [5, 5.41) is 22.6. The van der Waals surface area contributed by atoms with Gasteiger partial charge in [0.25, 0.3) is 0 Å². The topological polar surface area (TPSA) is 121 Å². The summed E-state index contributed by atoms with van der Waals surface area (Å²) in [6, 6.07) is 16.0. The molecule has 2 heterocycles. The third kappa shape index (κ3) is 4.34. The first-order valence-corrected chi connectivity index (χ1v) is 10.7. The van der Waals surface area contributed by atoms with Crippen molar-refractivity contribution in [3.8, 4) is 23.1 Å². The first-order valence-electron chi connectivity index (χ1n) is 10.3. The molecule has 8 nitrogen and oxygen atoms in total. The van der Waals surface area contributed by atoms with E-state index >= 15 is 0 Å². The molecule has 0 saturated carbocycles. The number of nitriles is 1. The highest BCUT2D eigenvalue weighted by molar-refractivity contribution is 6.29. The zero-order chi connectivity index (χ0) is 24.4. The molecule has 0 aliphatic carbocycles. The predicted molar refractivity (Wildman–Crippen MR) is 129 cm³/mol. The van der Waals surface area contributed by atoms with Crippen LogP contribution in [-0.2, 0) is 0 Å². The monoisotopic (exact) mass is 473 g/mol. The van der Waals surface area contributed by atoms with Gasteiger partial charge in [-0.25, -0.2) is 19.7 Å². The Labute approximate surface area is 200 Å². The molecule has 0 aliphatic heterocycles. The van der Waals surface area contributed by atoms with Crippen molar-refractivity contribution in [2.75, 3.05) is 12.4 Å². The lowest BCUT2D eigenvalue weighted by Gasteiger charge is -2.19. The summed E-state index contributed by atoms with van der Waals surface area (Å²) in [5.41, 5.74) is 4.25. The Morgan fingerprint density at radius 1 is 1.18 bits per heavy atom. The number of ether oxygens (including phenoxy) is 1. The molecule has 0 unspecified atom stereocenters. The average Bonchev–Trinajstić information content (AvgIpc) is 2.83. The first-order chi connectivity index (χ1) is 16.3. The third-order valence-electron chi connectivity index (χ3n) is 5.31. The number of hydrogen-bond donors (Lipinski definition) is 2. The summed E-state index contributed by atoms with van der Waals surface area (Å²) in [6.45, 7) is 3.81. The van der Waals surface area contributed by atoms with Crippen LogP contribution in [0.4, 0.5) is 5.69 Å². The number of aromatic nitrogens is 3. The van der Waals surface area contributed by atoms with Crippen molar-refractivity contribution >= 4 is 34.3 Å².